The molecule has 1 amide bonds. The van der Waals surface area contributed by atoms with E-state index in [0.717, 1.165) is 38.5 Å². The summed E-state index contributed by atoms with van der Waals surface area (Å²) in [6, 6.07) is -0.766. The summed E-state index contributed by atoms with van der Waals surface area (Å²) in [5, 5.41) is 33.4. The minimum Gasteiger partial charge on any atom is -0.394 e. The summed E-state index contributed by atoms with van der Waals surface area (Å²) in [5.74, 6) is -0.325. The number of carbonyl (C=O) groups is 1. The highest BCUT2D eigenvalue weighted by atomic mass is 16.3. The van der Waals surface area contributed by atoms with Crippen molar-refractivity contribution in [3.63, 3.8) is 0 Å². The second kappa shape index (κ2) is 51.2. The van der Waals surface area contributed by atoms with Crippen LogP contribution in [0.1, 0.15) is 290 Å². The van der Waals surface area contributed by atoms with E-state index in [1.165, 1.54) is 225 Å². The molecule has 3 unspecified atom stereocenters. The van der Waals surface area contributed by atoms with E-state index in [-0.39, 0.29) is 18.9 Å². The summed E-state index contributed by atoms with van der Waals surface area (Å²) in [5.41, 5.74) is 0. The molecule has 0 rings (SSSR count). The number of rotatable bonds is 50. The number of hydrogen-bond acceptors (Lipinski definition) is 4. The monoisotopic (exact) mass is 858 g/mol. The minimum atomic E-state index is -0.959. The molecule has 0 heterocycles. The first-order valence-electron chi connectivity index (χ1n) is 27.3. The minimum absolute atomic E-state index is 0.00563. The molecule has 5 heteroatoms. The Balaban J connectivity index is 3.61. The Morgan fingerprint density at radius 2 is 0.705 bits per heavy atom. The first-order valence-corrected chi connectivity index (χ1v) is 27.3. The molecular weight excluding hydrogens is 751 g/mol. The number of aliphatic hydroxyl groups excluding tert-OH is 3. The van der Waals surface area contributed by atoms with E-state index in [1.54, 1.807) is 6.08 Å². The Bertz CT molecular complexity index is 947. The summed E-state index contributed by atoms with van der Waals surface area (Å²) in [4.78, 5) is 12.5. The number of unbranched alkanes of at least 4 members (excludes halogenated alkanes) is 37. The Hall–Kier alpha value is -1.43. The molecule has 0 fully saturated rings. The lowest BCUT2D eigenvalue weighted by Gasteiger charge is -2.21. The Morgan fingerprint density at radius 3 is 1.05 bits per heavy atom. The topological polar surface area (TPSA) is 89.8 Å². The van der Waals surface area contributed by atoms with Crippen molar-refractivity contribution in [2.24, 2.45) is 0 Å². The van der Waals surface area contributed by atoms with Gasteiger partial charge in [0, 0.05) is 0 Å². The third kappa shape index (κ3) is 47.9. The first kappa shape index (κ1) is 59.6. The summed E-state index contributed by atoms with van der Waals surface area (Å²) in [6.45, 7) is 4.23. The van der Waals surface area contributed by atoms with E-state index < -0.39 is 18.2 Å². The Kier molecular flexibility index (Phi) is 50.0. The van der Waals surface area contributed by atoms with Gasteiger partial charge in [0.15, 0.2) is 0 Å². The van der Waals surface area contributed by atoms with Crippen LogP contribution in [0.2, 0.25) is 0 Å². The maximum absolute atomic E-state index is 12.5. The van der Waals surface area contributed by atoms with Crippen LogP contribution >= 0.6 is 0 Å². The number of amides is 1. The van der Waals surface area contributed by atoms with Crippen LogP contribution in [-0.4, -0.2) is 46.1 Å². The zero-order chi connectivity index (χ0) is 44.4. The molecule has 0 saturated heterocycles. The number of aliphatic hydroxyl groups is 3. The molecule has 0 aliphatic heterocycles. The van der Waals surface area contributed by atoms with E-state index in [2.05, 4.69) is 43.5 Å². The molecular formula is C56H107NO4. The van der Waals surface area contributed by atoms with Crippen LogP contribution in [0, 0.1) is 0 Å². The van der Waals surface area contributed by atoms with Gasteiger partial charge in [0.25, 0.3) is 0 Å². The lowest BCUT2D eigenvalue weighted by molar-refractivity contribution is -0.124. The van der Waals surface area contributed by atoms with E-state index in [0.29, 0.717) is 6.42 Å². The van der Waals surface area contributed by atoms with Crippen molar-refractivity contribution in [1.29, 1.82) is 0 Å². The van der Waals surface area contributed by atoms with Crippen molar-refractivity contribution in [2.45, 2.75) is 308 Å². The summed E-state index contributed by atoms with van der Waals surface area (Å²) >= 11 is 0. The van der Waals surface area contributed by atoms with Gasteiger partial charge >= 0.3 is 0 Å². The number of carbonyl (C=O) groups excluding carboxylic acids is 1. The number of allylic oxidation sites excluding steroid dienone is 5. The second-order valence-electron chi connectivity index (χ2n) is 18.8. The van der Waals surface area contributed by atoms with Crippen molar-refractivity contribution in [3.05, 3.63) is 36.5 Å². The highest BCUT2D eigenvalue weighted by Crippen LogP contribution is 2.17. The zero-order valence-corrected chi connectivity index (χ0v) is 41.1. The van der Waals surface area contributed by atoms with Crippen LogP contribution in [0.15, 0.2) is 36.5 Å². The molecule has 0 aliphatic rings. The van der Waals surface area contributed by atoms with E-state index in [1.807, 2.05) is 6.08 Å². The lowest BCUT2D eigenvalue weighted by atomic mass is 10.0. The van der Waals surface area contributed by atoms with Gasteiger partial charge in [0.1, 0.15) is 0 Å². The maximum Gasteiger partial charge on any atom is 0.222 e. The second-order valence-corrected chi connectivity index (χ2v) is 18.8. The molecule has 0 saturated carbocycles. The molecule has 360 valence electrons. The van der Waals surface area contributed by atoms with Gasteiger partial charge in [-0.05, 0) is 44.9 Å². The Labute approximate surface area is 381 Å². The fourth-order valence-electron chi connectivity index (χ4n) is 8.49. The smallest absolute Gasteiger partial charge is 0.222 e. The van der Waals surface area contributed by atoms with Crippen molar-refractivity contribution in [1.82, 2.24) is 5.32 Å². The predicted octanol–water partition coefficient (Wildman–Crippen LogP) is 16.7. The average Bonchev–Trinajstić information content (AvgIpc) is 3.25. The molecule has 4 N–H and O–H groups in total. The molecule has 0 aliphatic carbocycles. The van der Waals surface area contributed by atoms with Gasteiger partial charge < -0.3 is 20.6 Å². The predicted molar refractivity (Wildman–Crippen MR) is 268 cm³/mol. The van der Waals surface area contributed by atoms with Crippen LogP contribution in [0.25, 0.3) is 0 Å². The fraction of sp³-hybridized carbons (Fsp3) is 0.875. The first-order chi connectivity index (χ1) is 30.0. The van der Waals surface area contributed by atoms with Gasteiger partial charge in [0.05, 0.1) is 31.3 Å². The SMILES string of the molecule is CCCCCCCCCCCCC/C=C/CC/C=C/CC/C=C/C(O)C(CO)NC(=O)CC(O)CCCCCCCCCCCCCCCCCCCCCCCCCCC. The Morgan fingerprint density at radius 1 is 0.410 bits per heavy atom. The molecule has 0 bridgehead atoms. The van der Waals surface area contributed by atoms with E-state index in [4.69, 9.17) is 0 Å². The third-order valence-corrected chi connectivity index (χ3v) is 12.7. The summed E-state index contributed by atoms with van der Waals surface area (Å²) < 4.78 is 0. The van der Waals surface area contributed by atoms with Crippen molar-refractivity contribution in [2.75, 3.05) is 6.61 Å². The lowest BCUT2D eigenvalue weighted by Crippen LogP contribution is -2.45. The van der Waals surface area contributed by atoms with Gasteiger partial charge in [-0.3, -0.25) is 4.79 Å². The van der Waals surface area contributed by atoms with Crippen molar-refractivity contribution in [3.8, 4) is 0 Å². The largest absolute Gasteiger partial charge is 0.394 e. The van der Waals surface area contributed by atoms with Gasteiger partial charge in [-0.1, -0.05) is 275 Å². The van der Waals surface area contributed by atoms with Gasteiger partial charge in [0.2, 0.25) is 5.91 Å². The average molecular weight is 858 g/mol. The molecule has 0 aromatic carbocycles. The van der Waals surface area contributed by atoms with Crippen LogP contribution in [0.3, 0.4) is 0 Å². The fourth-order valence-corrected chi connectivity index (χ4v) is 8.49. The maximum atomic E-state index is 12.5. The summed E-state index contributed by atoms with van der Waals surface area (Å²) in [7, 11) is 0. The van der Waals surface area contributed by atoms with E-state index in [9.17, 15) is 20.1 Å². The summed E-state index contributed by atoms with van der Waals surface area (Å²) in [6.07, 6.45) is 66.1. The normalized spacial score (nSPS) is 13.6. The highest BCUT2D eigenvalue weighted by Gasteiger charge is 2.20. The highest BCUT2D eigenvalue weighted by molar-refractivity contribution is 5.76. The zero-order valence-electron chi connectivity index (χ0n) is 41.1. The van der Waals surface area contributed by atoms with Gasteiger partial charge in [-0.15, -0.1) is 0 Å². The van der Waals surface area contributed by atoms with Crippen LogP contribution < -0.4 is 5.32 Å². The van der Waals surface area contributed by atoms with Crippen molar-refractivity contribution < 1.29 is 20.1 Å². The molecule has 0 spiro atoms. The number of hydrogen-bond donors (Lipinski definition) is 4. The molecule has 61 heavy (non-hydrogen) atoms. The third-order valence-electron chi connectivity index (χ3n) is 12.7. The standard InChI is InChI=1S/C56H107NO4/c1-3-5-7-9-11-13-15-17-19-21-23-25-26-27-28-30-31-33-35-37-39-41-43-45-47-49-53(59)51-56(61)57-54(52-58)55(60)50-48-46-44-42-40-38-36-34-32-29-24-22-20-18-16-14-12-10-8-6-4-2/h32,34,40,42,48,50,53-55,58-60H,3-31,33,35-39,41,43-47,49,51-52H2,1-2H3,(H,57,61)/b34-32+,42-40+,50-48+. The van der Waals surface area contributed by atoms with Crippen LogP contribution in [0.4, 0.5) is 0 Å². The quantitative estimate of drug-likeness (QED) is 0.0362. The molecule has 0 aromatic heterocycles. The molecule has 0 radical (unpaired) electrons. The number of nitrogens with one attached hydrogen (secondary N) is 1. The molecule has 5 nitrogen and oxygen atoms in total. The molecule has 3 atom stereocenters. The van der Waals surface area contributed by atoms with Gasteiger partial charge in [-0.2, -0.15) is 0 Å². The molecule has 0 aromatic rings. The van der Waals surface area contributed by atoms with E-state index >= 15 is 0 Å². The van der Waals surface area contributed by atoms with Crippen molar-refractivity contribution >= 4 is 5.91 Å². The van der Waals surface area contributed by atoms with Gasteiger partial charge in [-0.25, -0.2) is 0 Å². The van der Waals surface area contributed by atoms with Crippen LogP contribution in [-0.2, 0) is 4.79 Å². The van der Waals surface area contributed by atoms with Crippen LogP contribution in [0.5, 0.6) is 0 Å².